The number of nitriles is 1. The first-order valence-electron chi connectivity index (χ1n) is 6.57. The van der Waals surface area contributed by atoms with Gasteiger partial charge < -0.3 is 4.90 Å². The summed E-state index contributed by atoms with van der Waals surface area (Å²) >= 11 is 0. The molecular weight excluding hydrogens is 232 g/mol. The summed E-state index contributed by atoms with van der Waals surface area (Å²) in [6.45, 7) is 0. The highest BCUT2D eigenvalue weighted by Gasteiger charge is 2.30. The van der Waals surface area contributed by atoms with Crippen molar-refractivity contribution < 1.29 is 0 Å². The molecule has 0 saturated heterocycles. The van der Waals surface area contributed by atoms with Crippen molar-refractivity contribution in [2.24, 2.45) is 0 Å². The topological polar surface area (TPSA) is 27.0 Å². The Kier molecular flexibility index (Phi) is 2.97. The van der Waals surface area contributed by atoms with Crippen LogP contribution in [0.3, 0.4) is 0 Å². The van der Waals surface area contributed by atoms with Crippen LogP contribution in [0, 0.1) is 11.3 Å². The normalized spacial score (nSPS) is 21.6. The first-order chi connectivity index (χ1) is 9.31. The van der Waals surface area contributed by atoms with Crippen molar-refractivity contribution in [3.8, 4) is 6.07 Å². The second kappa shape index (κ2) is 4.78. The average molecular weight is 248 g/mol. The third-order valence-electron chi connectivity index (χ3n) is 3.96. The monoisotopic (exact) mass is 248 g/mol. The summed E-state index contributed by atoms with van der Waals surface area (Å²) in [4.78, 5) is 2.29. The average Bonchev–Trinajstić information content (AvgIpc) is 2.49. The zero-order chi connectivity index (χ0) is 13.2. The van der Waals surface area contributed by atoms with E-state index in [9.17, 15) is 5.26 Å². The molecule has 2 heteroatoms. The van der Waals surface area contributed by atoms with E-state index < -0.39 is 0 Å². The number of rotatable bonds is 1. The van der Waals surface area contributed by atoms with Crippen LogP contribution in [0.2, 0.25) is 0 Å². The van der Waals surface area contributed by atoms with E-state index in [0.29, 0.717) is 0 Å². The molecule has 1 heterocycles. The molecule has 94 valence electrons. The highest BCUT2D eigenvalue weighted by atomic mass is 15.1. The van der Waals surface area contributed by atoms with Gasteiger partial charge in [0.05, 0.1) is 18.0 Å². The molecule has 0 amide bonds. The first-order valence-corrected chi connectivity index (χ1v) is 6.57. The maximum atomic E-state index is 9.42. The highest BCUT2D eigenvalue weighted by molar-refractivity contribution is 5.60. The van der Waals surface area contributed by atoms with E-state index in [1.165, 1.54) is 11.3 Å². The summed E-state index contributed by atoms with van der Waals surface area (Å²) in [5.41, 5.74) is 3.61. The van der Waals surface area contributed by atoms with Crippen LogP contribution in [-0.2, 0) is 0 Å². The molecule has 2 aromatic rings. The van der Waals surface area contributed by atoms with Crippen molar-refractivity contribution in [1.82, 2.24) is 0 Å². The first kappa shape index (κ1) is 11.8. The lowest BCUT2D eigenvalue weighted by molar-refractivity contribution is 0.552. The van der Waals surface area contributed by atoms with E-state index in [1.54, 1.807) is 0 Å². The quantitative estimate of drug-likeness (QED) is 0.766. The fourth-order valence-electron chi connectivity index (χ4n) is 2.94. The van der Waals surface area contributed by atoms with E-state index in [1.807, 2.05) is 18.2 Å². The number of nitrogens with zero attached hydrogens (tertiary/aromatic N) is 2. The molecule has 0 saturated carbocycles. The zero-order valence-electron chi connectivity index (χ0n) is 11.0. The fraction of sp³-hybridized carbons (Fsp3) is 0.235. The van der Waals surface area contributed by atoms with E-state index >= 15 is 0 Å². The van der Waals surface area contributed by atoms with Gasteiger partial charge in [0.2, 0.25) is 0 Å². The maximum absolute atomic E-state index is 9.42. The molecule has 0 N–H and O–H groups in total. The van der Waals surface area contributed by atoms with Crippen LogP contribution in [0.5, 0.6) is 0 Å². The van der Waals surface area contributed by atoms with Gasteiger partial charge in [-0.3, -0.25) is 0 Å². The highest BCUT2D eigenvalue weighted by Crippen LogP contribution is 2.43. The smallest absolute Gasteiger partial charge is 0.0755 e. The molecule has 0 aromatic heterocycles. The zero-order valence-corrected chi connectivity index (χ0v) is 11.0. The van der Waals surface area contributed by atoms with Crippen molar-refractivity contribution in [2.75, 3.05) is 11.9 Å². The lowest BCUT2D eigenvalue weighted by atomic mass is 9.84. The number of anilines is 1. The number of fused-ring (bicyclic) bond motifs is 1. The van der Waals surface area contributed by atoms with E-state index in [2.05, 4.69) is 54.4 Å². The number of hydrogen-bond donors (Lipinski definition) is 0. The van der Waals surface area contributed by atoms with E-state index in [4.69, 9.17) is 0 Å². The standard InChI is InChI=1S/C17H16N2/c1-19-16-10-6-5-9-15(16)14(12-18)11-17(19)13-7-3-2-4-8-13/h2-10,14,17H,11H2,1H3. The summed E-state index contributed by atoms with van der Waals surface area (Å²) in [5.74, 6) is -0.0161. The second-order valence-electron chi connectivity index (χ2n) is 5.01. The summed E-state index contributed by atoms with van der Waals surface area (Å²) in [6.07, 6.45) is 0.855. The van der Waals surface area contributed by atoms with Crippen LogP contribution in [0.25, 0.3) is 0 Å². The summed E-state index contributed by atoms with van der Waals surface area (Å²) < 4.78 is 0. The van der Waals surface area contributed by atoms with Gasteiger partial charge in [-0.1, -0.05) is 48.5 Å². The number of hydrogen-bond acceptors (Lipinski definition) is 2. The third kappa shape index (κ3) is 1.98. The van der Waals surface area contributed by atoms with Crippen molar-refractivity contribution in [1.29, 1.82) is 5.26 Å². The molecule has 1 aliphatic rings. The van der Waals surface area contributed by atoms with Gasteiger partial charge in [0.15, 0.2) is 0 Å². The van der Waals surface area contributed by atoms with Gasteiger partial charge in [0.25, 0.3) is 0 Å². The molecule has 2 atom stereocenters. The van der Waals surface area contributed by atoms with Crippen LogP contribution in [0.4, 0.5) is 5.69 Å². The van der Waals surface area contributed by atoms with Gasteiger partial charge in [-0.15, -0.1) is 0 Å². The molecule has 19 heavy (non-hydrogen) atoms. The predicted molar refractivity (Wildman–Crippen MR) is 77.0 cm³/mol. The Morgan fingerprint density at radius 1 is 1.05 bits per heavy atom. The molecule has 0 aliphatic carbocycles. The Morgan fingerprint density at radius 3 is 2.47 bits per heavy atom. The Morgan fingerprint density at radius 2 is 1.74 bits per heavy atom. The van der Waals surface area contributed by atoms with Gasteiger partial charge in [0.1, 0.15) is 0 Å². The Balaban J connectivity index is 2.06. The van der Waals surface area contributed by atoms with Crippen LogP contribution in [0.15, 0.2) is 54.6 Å². The Labute approximate surface area is 113 Å². The molecule has 2 nitrogen and oxygen atoms in total. The molecule has 0 spiro atoms. The van der Waals surface area contributed by atoms with Crippen LogP contribution in [-0.4, -0.2) is 7.05 Å². The van der Waals surface area contributed by atoms with Crippen molar-refractivity contribution in [3.05, 3.63) is 65.7 Å². The minimum atomic E-state index is -0.0161. The lowest BCUT2D eigenvalue weighted by Gasteiger charge is -2.38. The van der Waals surface area contributed by atoms with Gasteiger partial charge in [-0.25, -0.2) is 0 Å². The molecule has 0 radical (unpaired) electrons. The molecule has 2 aromatic carbocycles. The molecule has 1 aliphatic heterocycles. The molecule has 2 unspecified atom stereocenters. The van der Waals surface area contributed by atoms with Gasteiger partial charge in [0, 0.05) is 12.7 Å². The van der Waals surface area contributed by atoms with Gasteiger partial charge >= 0.3 is 0 Å². The minimum absolute atomic E-state index is 0.0161. The summed E-state index contributed by atoms with van der Waals surface area (Å²) in [6, 6.07) is 21.4. The molecular formula is C17H16N2. The van der Waals surface area contributed by atoms with Crippen LogP contribution < -0.4 is 4.90 Å². The molecule has 3 rings (SSSR count). The van der Waals surface area contributed by atoms with E-state index in [-0.39, 0.29) is 12.0 Å². The SMILES string of the molecule is CN1c2ccccc2C(C#N)CC1c1ccccc1. The summed E-state index contributed by atoms with van der Waals surface area (Å²) in [7, 11) is 2.12. The predicted octanol–water partition coefficient (Wildman–Crippen LogP) is 3.87. The van der Waals surface area contributed by atoms with E-state index in [0.717, 1.165) is 12.0 Å². The van der Waals surface area contributed by atoms with Gasteiger partial charge in [-0.05, 0) is 23.6 Å². The fourth-order valence-corrected chi connectivity index (χ4v) is 2.94. The number of benzene rings is 2. The maximum Gasteiger partial charge on any atom is 0.0755 e. The molecule has 0 fully saturated rings. The van der Waals surface area contributed by atoms with Crippen molar-refractivity contribution in [3.63, 3.8) is 0 Å². The largest absolute Gasteiger partial charge is 0.367 e. The van der Waals surface area contributed by atoms with Crippen LogP contribution >= 0.6 is 0 Å². The Bertz CT molecular complexity index is 613. The van der Waals surface area contributed by atoms with Crippen molar-refractivity contribution in [2.45, 2.75) is 18.4 Å². The second-order valence-corrected chi connectivity index (χ2v) is 5.01. The van der Waals surface area contributed by atoms with Gasteiger partial charge in [-0.2, -0.15) is 5.26 Å². The third-order valence-corrected chi connectivity index (χ3v) is 3.96. The van der Waals surface area contributed by atoms with Crippen LogP contribution in [0.1, 0.15) is 29.5 Å². The molecule has 0 bridgehead atoms. The lowest BCUT2D eigenvalue weighted by Crippen LogP contribution is -2.31. The summed E-state index contributed by atoms with van der Waals surface area (Å²) in [5, 5.41) is 9.42. The Hall–Kier alpha value is -2.27. The van der Waals surface area contributed by atoms with Crippen molar-refractivity contribution >= 4 is 5.69 Å². The number of para-hydroxylation sites is 1. The minimum Gasteiger partial charge on any atom is -0.367 e.